The monoisotopic (exact) mass is 189 g/mol. The third kappa shape index (κ3) is 3.03. The van der Waals surface area contributed by atoms with Crippen LogP contribution in [0.5, 0.6) is 0 Å². The third-order valence-corrected chi connectivity index (χ3v) is 3.33. The molecule has 1 atom stereocenters. The van der Waals surface area contributed by atoms with E-state index in [1.54, 1.807) is 0 Å². The number of carboxylic acid groups (broad SMARTS) is 1. The van der Waals surface area contributed by atoms with Crippen LogP contribution in [0.4, 0.5) is 0 Å². The van der Waals surface area contributed by atoms with E-state index in [2.05, 4.69) is 0 Å². The SMILES string of the molecule is NC(CC(=O)O)C1CCSCC1. The average Bonchev–Trinajstić information content (AvgIpc) is 2.05. The molecular weight excluding hydrogens is 174 g/mol. The van der Waals surface area contributed by atoms with Crippen molar-refractivity contribution in [3.8, 4) is 0 Å². The minimum absolute atomic E-state index is 0.120. The van der Waals surface area contributed by atoms with E-state index in [1.807, 2.05) is 11.8 Å². The second-order valence-electron chi connectivity index (χ2n) is 3.21. The zero-order chi connectivity index (χ0) is 8.97. The van der Waals surface area contributed by atoms with Crippen LogP contribution in [0.3, 0.4) is 0 Å². The van der Waals surface area contributed by atoms with Gasteiger partial charge >= 0.3 is 5.97 Å². The van der Waals surface area contributed by atoms with Gasteiger partial charge in [0.25, 0.3) is 0 Å². The van der Waals surface area contributed by atoms with Gasteiger partial charge in [0, 0.05) is 6.04 Å². The van der Waals surface area contributed by atoms with Gasteiger partial charge in [-0.25, -0.2) is 0 Å². The molecule has 1 aliphatic rings. The van der Waals surface area contributed by atoms with E-state index in [9.17, 15) is 4.79 Å². The molecule has 0 bridgehead atoms. The molecule has 0 aromatic heterocycles. The average molecular weight is 189 g/mol. The summed E-state index contributed by atoms with van der Waals surface area (Å²) in [6.45, 7) is 0. The highest BCUT2D eigenvalue weighted by Crippen LogP contribution is 2.25. The van der Waals surface area contributed by atoms with Crippen LogP contribution in [0.25, 0.3) is 0 Å². The number of hydrogen-bond acceptors (Lipinski definition) is 3. The van der Waals surface area contributed by atoms with Gasteiger partial charge in [-0.2, -0.15) is 11.8 Å². The molecule has 1 aliphatic heterocycles. The van der Waals surface area contributed by atoms with E-state index in [1.165, 1.54) is 0 Å². The van der Waals surface area contributed by atoms with Crippen LogP contribution in [-0.2, 0) is 4.79 Å². The Morgan fingerprint density at radius 3 is 2.67 bits per heavy atom. The zero-order valence-corrected chi connectivity index (χ0v) is 7.85. The van der Waals surface area contributed by atoms with Crippen molar-refractivity contribution < 1.29 is 9.90 Å². The fraction of sp³-hybridized carbons (Fsp3) is 0.875. The Bertz CT molecular complexity index is 157. The first-order valence-electron chi connectivity index (χ1n) is 4.25. The number of thioether (sulfide) groups is 1. The number of aliphatic carboxylic acids is 1. The summed E-state index contributed by atoms with van der Waals surface area (Å²) >= 11 is 1.93. The largest absolute Gasteiger partial charge is 0.481 e. The lowest BCUT2D eigenvalue weighted by molar-refractivity contribution is -0.137. The van der Waals surface area contributed by atoms with Crippen molar-refractivity contribution in [2.24, 2.45) is 11.7 Å². The van der Waals surface area contributed by atoms with Gasteiger partial charge in [0.1, 0.15) is 0 Å². The van der Waals surface area contributed by atoms with Crippen molar-refractivity contribution in [2.75, 3.05) is 11.5 Å². The Morgan fingerprint density at radius 2 is 2.17 bits per heavy atom. The fourth-order valence-corrected chi connectivity index (χ4v) is 2.66. The summed E-state index contributed by atoms with van der Waals surface area (Å²) in [6, 6.07) is -0.136. The van der Waals surface area contributed by atoms with E-state index in [0.717, 1.165) is 24.3 Å². The Hall–Kier alpha value is -0.220. The Kier molecular flexibility index (Phi) is 3.88. The molecule has 1 fully saturated rings. The predicted molar refractivity (Wildman–Crippen MR) is 50.3 cm³/mol. The number of nitrogens with two attached hydrogens (primary N) is 1. The standard InChI is InChI=1S/C8H15NO2S/c9-7(5-8(10)11)6-1-3-12-4-2-6/h6-7H,1-5,9H2,(H,10,11). The maximum absolute atomic E-state index is 10.4. The van der Waals surface area contributed by atoms with Gasteiger partial charge < -0.3 is 10.8 Å². The molecule has 0 aromatic rings. The van der Waals surface area contributed by atoms with Crippen molar-refractivity contribution in [1.82, 2.24) is 0 Å². The minimum Gasteiger partial charge on any atom is -0.481 e. The molecule has 1 unspecified atom stereocenters. The van der Waals surface area contributed by atoms with Crippen LogP contribution in [-0.4, -0.2) is 28.6 Å². The van der Waals surface area contributed by atoms with Crippen LogP contribution in [0.1, 0.15) is 19.3 Å². The van der Waals surface area contributed by atoms with Crippen molar-refractivity contribution >= 4 is 17.7 Å². The molecule has 0 aromatic carbocycles. The molecule has 4 heteroatoms. The highest BCUT2D eigenvalue weighted by atomic mass is 32.2. The van der Waals surface area contributed by atoms with Gasteiger partial charge in [0.05, 0.1) is 6.42 Å². The van der Waals surface area contributed by atoms with E-state index < -0.39 is 5.97 Å². The van der Waals surface area contributed by atoms with Gasteiger partial charge in [-0.3, -0.25) is 4.79 Å². The summed E-state index contributed by atoms with van der Waals surface area (Å²) < 4.78 is 0. The minimum atomic E-state index is -0.777. The highest BCUT2D eigenvalue weighted by molar-refractivity contribution is 7.99. The summed E-state index contributed by atoms with van der Waals surface area (Å²) in [5, 5.41) is 8.53. The van der Waals surface area contributed by atoms with Crippen LogP contribution in [0, 0.1) is 5.92 Å². The van der Waals surface area contributed by atoms with E-state index in [0.29, 0.717) is 5.92 Å². The molecule has 3 N–H and O–H groups in total. The molecule has 1 rings (SSSR count). The predicted octanol–water partition coefficient (Wildman–Crippen LogP) is 0.932. The molecule has 70 valence electrons. The summed E-state index contributed by atoms with van der Waals surface area (Å²) in [7, 11) is 0. The summed E-state index contributed by atoms with van der Waals surface area (Å²) in [5.74, 6) is 1.93. The Labute approximate surface area is 76.7 Å². The fourth-order valence-electron chi connectivity index (χ4n) is 1.51. The van der Waals surface area contributed by atoms with E-state index >= 15 is 0 Å². The normalized spacial score (nSPS) is 22.1. The third-order valence-electron chi connectivity index (χ3n) is 2.28. The topological polar surface area (TPSA) is 63.3 Å². The van der Waals surface area contributed by atoms with Crippen molar-refractivity contribution in [2.45, 2.75) is 25.3 Å². The van der Waals surface area contributed by atoms with Gasteiger partial charge in [-0.15, -0.1) is 0 Å². The van der Waals surface area contributed by atoms with Crippen LogP contribution >= 0.6 is 11.8 Å². The summed E-state index contributed by atoms with van der Waals surface area (Å²) in [4.78, 5) is 10.4. The molecular formula is C8H15NO2S. The number of rotatable bonds is 3. The number of carbonyl (C=O) groups is 1. The van der Waals surface area contributed by atoms with Crippen LogP contribution < -0.4 is 5.73 Å². The quantitative estimate of drug-likeness (QED) is 0.693. The lowest BCUT2D eigenvalue weighted by Gasteiger charge is -2.25. The molecule has 1 saturated heterocycles. The summed E-state index contributed by atoms with van der Waals surface area (Å²) in [6.07, 6.45) is 2.29. The zero-order valence-electron chi connectivity index (χ0n) is 7.03. The summed E-state index contributed by atoms with van der Waals surface area (Å²) in [5.41, 5.74) is 5.76. The maximum atomic E-state index is 10.4. The first-order chi connectivity index (χ1) is 5.70. The van der Waals surface area contributed by atoms with Gasteiger partial charge in [0.2, 0.25) is 0 Å². The van der Waals surface area contributed by atoms with Crippen molar-refractivity contribution in [1.29, 1.82) is 0 Å². The van der Waals surface area contributed by atoms with E-state index in [-0.39, 0.29) is 12.5 Å². The molecule has 12 heavy (non-hydrogen) atoms. The smallest absolute Gasteiger partial charge is 0.304 e. The highest BCUT2D eigenvalue weighted by Gasteiger charge is 2.22. The van der Waals surface area contributed by atoms with E-state index in [4.69, 9.17) is 10.8 Å². The van der Waals surface area contributed by atoms with Gasteiger partial charge in [-0.1, -0.05) is 0 Å². The number of carboxylic acids is 1. The second-order valence-corrected chi connectivity index (χ2v) is 4.44. The lowest BCUT2D eigenvalue weighted by atomic mass is 9.92. The second kappa shape index (κ2) is 4.72. The van der Waals surface area contributed by atoms with Gasteiger partial charge in [0.15, 0.2) is 0 Å². The molecule has 0 amide bonds. The molecule has 3 nitrogen and oxygen atoms in total. The molecule has 0 aliphatic carbocycles. The van der Waals surface area contributed by atoms with Crippen molar-refractivity contribution in [3.05, 3.63) is 0 Å². The number of hydrogen-bond donors (Lipinski definition) is 2. The first kappa shape index (κ1) is 9.86. The molecule has 1 heterocycles. The maximum Gasteiger partial charge on any atom is 0.304 e. The Balaban J connectivity index is 2.29. The molecule has 0 spiro atoms. The molecule has 0 saturated carbocycles. The van der Waals surface area contributed by atoms with Gasteiger partial charge in [-0.05, 0) is 30.3 Å². The Morgan fingerprint density at radius 1 is 1.58 bits per heavy atom. The van der Waals surface area contributed by atoms with Crippen LogP contribution in [0.2, 0.25) is 0 Å². The lowest BCUT2D eigenvalue weighted by Crippen LogP contribution is -2.34. The molecule has 0 radical (unpaired) electrons. The van der Waals surface area contributed by atoms with Crippen LogP contribution in [0.15, 0.2) is 0 Å². The first-order valence-corrected chi connectivity index (χ1v) is 5.40. The van der Waals surface area contributed by atoms with Crippen molar-refractivity contribution in [3.63, 3.8) is 0 Å².